The fraction of sp³-hybridized carbons (Fsp3) is 0.727. The summed E-state index contributed by atoms with van der Waals surface area (Å²) in [5, 5.41) is 0.821. The molecule has 0 fully saturated rings. The van der Waals surface area contributed by atoms with E-state index in [1.54, 1.807) is 0 Å². The lowest BCUT2D eigenvalue weighted by atomic mass is 10.0. The van der Waals surface area contributed by atoms with Crippen LogP contribution in [0.25, 0.3) is 0 Å². The second-order valence-electron chi connectivity index (χ2n) is 3.62. The number of hydrogen-bond acceptors (Lipinski definition) is 1. The molecule has 0 spiro atoms. The van der Waals surface area contributed by atoms with Crippen LogP contribution in [0.2, 0.25) is 0 Å². The molecule has 0 bridgehead atoms. The quantitative estimate of drug-likeness (QED) is 0.617. The molecule has 74 valence electrons. The van der Waals surface area contributed by atoms with E-state index in [0.717, 1.165) is 42.7 Å². The largest absolute Gasteiger partial charge is 0.295 e. The summed E-state index contributed by atoms with van der Waals surface area (Å²) in [7, 11) is 0. The Labute approximate surface area is 85.2 Å². The molecule has 0 aromatic carbocycles. The third-order valence-electron chi connectivity index (χ3n) is 2.49. The average Bonchev–Trinajstić information content (AvgIpc) is 2.52. The number of Topliss-reactive ketones (excluding diaryl/α,β-unsaturated/α-hetero) is 1. The second-order valence-corrected chi connectivity index (χ2v) is 4.07. The third kappa shape index (κ3) is 3.15. The molecule has 0 aromatic heterocycles. The smallest absolute Gasteiger partial charge is 0.160 e. The standard InChI is InChI=1S/C11H17ClO/c1-2-3-4-8-11(13)9-6-5-7-10(9)12/h2-8H2,1H3. The van der Waals surface area contributed by atoms with E-state index in [4.69, 9.17) is 11.6 Å². The van der Waals surface area contributed by atoms with Gasteiger partial charge >= 0.3 is 0 Å². The lowest BCUT2D eigenvalue weighted by Crippen LogP contribution is -2.00. The molecule has 0 heterocycles. The van der Waals surface area contributed by atoms with Crippen molar-refractivity contribution in [3.63, 3.8) is 0 Å². The van der Waals surface area contributed by atoms with Crippen molar-refractivity contribution in [2.45, 2.75) is 51.9 Å². The summed E-state index contributed by atoms with van der Waals surface area (Å²) in [6, 6.07) is 0. The van der Waals surface area contributed by atoms with Gasteiger partial charge in [0.1, 0.15) is 0 Å². The van der Waals surface area contributed by atoms with Crippen molar-refractivity contribution < 1.29 is 4.79 Å². The molecule has 0 saturated heterocycles. The van der Waals surface area contributed by atoms with Gasteiger partial charge in [0.05, 0.1) is 0 Å². The predicted molar refractivity (Wildman–Crippen MR) is 55.9 cm³/mol. The zero-order valence-corrected chi connectivity index (χ0v) is 8.99. The van der Waals surface area contributed by atoms with Gasteiger partial charge < -0.3 is 0 Å². The van der Waals surface area contributed by atoms with Crippen LogP contribution >= 0.6 is 11.6 Å². The van der Waals surface area contributed by atoms with E-state index in [-0.39, 0.29) is 5.78 Å². The van der Waals surface area contributed by atoms with Crippen LogP contribution in [0.1, 0.15) is 51.9 Å². The van der Waals surface area contributed by atoms with Crippen LogP contribution in [0.15, 0.2) is 10.6 Å². The van der Waals surface area contributed by atoms with Crippen molar-refractivity contribution in [3.05, 3.63) is 10.6 Å². The molecular formula is C11H17ClO. The molecule has 1 aliphatic rings. The summed E-state index contributed by atoms with van der Waals surface area (Å²) >= 11 is 5.94. The van der Waals surface area contributed by atoms with Gasteiger partial charge in [-0.2, -0.15) is 0 Å². The zero-order valence-electron chi connectivity index (χ0n) is 8.24. The lowest BCUT2D eigenvalue weighted by Gasteiger charge is -2.01. The van der Waals surface area contributed by atoms with Crippen molar-refractivity contribution in [2.75, 3.05) is 0 Å². The van der Waals surface area contributed by atoms with Crippen LogP contribution in [0, 0.1) is 0 Å². The van der Waals surface area contributed by atoms with Gasteiger partial charge in [-0.15, -0.1) is 0 Å². The Morgan fingerprint density at radius 1 is 1.38 bits per heavy atom. The molecule has 0 atom stereocenters. The maximum Gasteiger partial charge on any atom is 0.160 e. The van der Waals surface area contributed by atoms with Crippen LogP contribution in [0.4, 0.5) is 0 Å². The zero-order chi connectivity index (χ0) is 9.68. The van der Waals surface area contributed by atoms with E-state index >= 15 is 0 Å². The molecule has 0 N–H and O–H groups in total. The molecule has 0 unspecified atom stereocenters. The molecular weight excluding hydrogens is 184 g/mol. The Hall–Kier alpha value is -0.300. The highest BCUT2D eigenvalue weighted by atomic mass is 35.5. The molecule has 0 saturated carbocycles. The SMILES string of the molecule is CCCCCC(=O)C1=C(Cl)CCC1. The summed E-state index contributed by atoms with van der Waals surface area (Å²) in [5.41, 5.74) is 0.915. The molecule has 1 rings (SSSR count). The van der Waals surface area contributed by atoms with Gasteiger partial charge in [-0.25, -0.2) is 0 Å². The van der Waals surface area contributed by atoms with Crippen LogP contribution in [-0.4, -0.2) is 5.78 Å². The number of carbonyl (C=O) groups excluding carboxylic acids is 1. The van der Waals surface area contributed by atoms with Crippen molar-refractivity contribution in [1.82, 2.24) is 0 Å². The molecule has 13 heavy (non-hydrogen) atoms. The highest BCUT2D eigenvalue weighted by Gasteiger charge is 2.18. The Kier molecular flexibility index (Phi) is 4.51. The van der Waals surface area contributed by atoms with Crippen molar-refractivity contribution in [1.29, 1.82) is 0 Å². The number of halogens is 1. The molecule has 1 aliphatic carbocycles. The summed E-state index contributed by atoms with van der Waals surface area (Å²) in [4.78, 5) is 11.6. The van der Waals surface area contributed by atoms with Gasteiger partial charge in [0.25, 0.3) is 0 Å². The Morgan fingerprint density at radius 2 is 2.15 bits per heavy atom. The topological polar surface area (TPSA) is 17.1 Å². The number of allylic oxidation sites excluding steroid dienone is 2. The second kappa shape index (κ2) is 5.43. The van der Waals surface area contributed by atoms with E-state index < -0.39 is 0 Å². The number of ketones is 1. The van der Waals surface area contributed by atoms with Crippen molar-refractivity contribution >= 4 is 17.4 Å². The first-order valence-electron chi connectivity index (χ1n) is 5.16. The highest BCUT2D eigenvalue weighted by Crippen LogP contribution is 2.30. The first-order valence-corrected chi connectivity index (χ1v) is 5.54. The molecule has 0 amide bonds. The van der Waals surface area contributed by atoms with Gasteiger partial charge in [0, 0.05) is 17.0 Å². The van der Waals surface area contributed by atoms with Gasteiger partial charge in [0.15, 0.2) is 5.78 Å². The highest BCUT2D eigenvalue weighted by molar-refractivity contribution is 6.32. The predicted octanol–water partition coefficient (Wildman–Crippen LogP) is 3.81. The Balaban J connectivity index is 2.35. The average molecular weight is 201 g/mol. The van der Waals surface area contributed by atoms with Crippen LogP contribution < -0.4 is 0 Å². The van der Waals surface area contributed by atoms with Crippen LogP contribution in [0.3, 0.4) is 0 Å². The summed E-state index contributed by atoms with van der Waals surface area (Å²) in [6.07, 6.45) is 6.91. The normalized spacial score (nSPS) is 16.8. The lowest BCUT2D eigenvalue weighted by molar-refractivity contribution is -0.115. The molecule has 2 heteroatoms. The first kappa shape index (κ1) is 10.8. The maximum atomic E-state index is 11.6. The van der Waals surface area contributed by atoms with Gasteiger partial charge in [0.2, 0.25) is 0 Å². The van der Waals surface area contributed by atoms with Crippen molar-refractivity contribution in [2.24, 2.45) is 0 Å². The summed E-state index contributed by atoms with van der Waals surface area (Å²) in [5.74, 6) is 0.288. The Morgan fingerprint density at radius 3 is 2.69 bits per heavy atom. The fourth-order valence-electron chi connectivity index (χ4n) is 1.68. The summed E-state index contributed by atoms with van der Waals surface area (Å²) < 4.78 is 0. The van der Waals surface area contributed by atoms with Crippen LogP contribution in [-0.2, 0) is 4.79 Å². The molecule has 1 nitrogen and oxygen atoms in total. The van der Waals surface area contributed by atoms with E-state index in [9.17, 15) is 4.79 Å². The van der Waals surface area contributed by atoms with Gasteiger partial charge in [-0.05, 0) is 25.7 Å². The number of carbonyl (C=O) groups is 1. The van der Waals surface area contributed by atoms with E-state index in [1.165, 1.54) is 6.42 Å². The number of rotatable bonds is 5. The summed E-state index contributed by atoms with van der Waals surface area (Å²) in [6.45, 7) is 2.15. The third-order valence-corrected chi connectivity index (χ3v) is 2.91. The minimum atomic E-state index is 0.288. The van der Waals surface area contributed by atoms with Crippen molar-refractivity contribution in [3.8, 4) is 0 Å². The monoisotopic (exact) mass is 200 g/mol. The van der Waals surface area contributed by atoms with E-state index in [2.05, 4.69) is 6.92 Å². The minimum absolute atomic E-state index is 0.288. The Bertz CT molecular complexity index is 218. The molecule has 0 radical (unpaired) electrons. The first-order chi connectivity index (χ1) is 6.25. The number of hydrogen-bond donors (Lipinski definition) is 0. The van der Waals surface area contributed by atoms with Crippen LogP contribution in [0.5, 0.6) is 0 Å². The molecule has 0 aliphatic heterocycles. The fourth-order valence-corrected chi connectivity index (χ4v) is 2.02. The maximum absolute atomic E-state index is 11.6. The number of unbranched alkanes of at least 4 members (excludes halogenated alkanes) is 2. The van der Waals surface area contributed by atoms with Gasteiger partial charge in [-0.3, -0.25) is 4.79 Å². The molecule has 0 aromatic rings. The minimum Gasteiger partial charge on any atom is -0.295 e. The van der Waals surface area contributed by atoms with E-state index in [0.29, 0.717) is 6.42 Å². The van der Waals surface area contributed by atoms with Gasteiger partial charge in [-0.1, -0.05) is 31.4 Å². The van der Waals surface area contributed by atoms with E-state index in [1.807, 2.05) is 0 Å².